The van der Waals surface area contributed by atoms with Crippen molar-refractivity contribution in [3.63, 3.8) is 0 Å². The average Bonchev–Trinajstić information content (AvgIpc) is 2.91. The Balaban J connectivity index is 1.57. The topological polar surface area (TPSA) is 17.1 Å². The molecule has 0 amide bonds. The Morgan fingerprint density at radius 3 is 2.50 bits per heavy atom. The first-order chi connectivity index (χ1) is 8.84. The van der Waals surface area contributed by atoms with Gasteiger partial charge in [0, 0.05) is 12.8 Å². The third kappa shape index (κ3) is 4.64. The van der Waals surface area contributed by atoms with Crippen molar-refractivity contribution in [2.75, 3.05) is 0 Å². The first-order valence-corrected chi connectivity index (χ1v) is 7.40. The third-order valence-electron chi connectivity index (χ3n) is 4.07. The van der Waals surface area contributed by atoms with Gasteiger partial charge in [-0.25, -0.2) is 0 Å². The second kappa shape index (κ2) is 7.35. The van der Waals surface area contributed by atoms with Crippen molar-refractivity contribution in [1.29, 1.82) is 0 Å². The Labute approximate surface area is 111 Å². The molecule has 0 atom stereocenters. The lowest BCUT2D eigenvalue weighted by molar-refractivity contribution is -0.119. The number of aryl methyl sites for hydroxylation is 1. The summed E-state index contributed by atoms with van der Waals surface area (Å²) in [5, 5.41) is 0. The van der Waals surface area contributed by atoms with Gasteiger partial charge in [-0.3, -0.25) is 4.79 Å². The van der Waals surface area contributed by atoms with E-state index in [4.69, 9.17) is 0 Å². The fourth-order valence-corrected chi connectivity index (χ4v) is 2.92. The monoisotopic (exact) mass is 244 g/mol. The van der Waals surface area contributed by atoms with Gasteiger partial charge in [0.1, 0.15) is 5.78 Å². The normalized spacial score (nSPS) is 16.0. The van der Waals surface area contributed by atoms with Crippen molar-refractivity contribution in [1.82, 2.24) is 0 Å². The fourth-order valence-electron chi connectivity index (χ4n) is 2.92. The summed E-state index contributed by atoms with van der Waals surface area (Å²) >= 11 is 0. The van der Waals surface area contributed by atoms with Gasteiger partial charge in [-0.1, -0.05) is 56.0 Å². The van der Waals surface area contributed by atoms with Crippen LogP contribution >= 0.6 is 0 Å². The second-order valence-electron chi connectivity index (χ2n) is 5.57. The molecular weight excluding hydrogens is 220 g/mol. The van der Waals surface area contributed by atoms with Gasteiger partial charge >= 0.3 is 0 Å². The Kier molecular flexibility index (Phi) is 5.44. The summed E-state index contributed by atoms with van der Waals surface area (Å²) in [5.74, 6) is 1.32. The van der Waals surface area contributed by atoms with E-state index >= 15 is 0 Å². The van der Waals surface area contributed by atoms with E-state index in [2.05, 4.69) is 24.3 Å². The lowest BCUT2D eigenvalue weighted by Gasteiger charge is -2.07. The van der Waals surface area contributed by atoms with Gasteiger partial charge in [0.2, 0.25) is 0 Å². The van der Waals surface area contributed by atoms with Crippen LogP contribution in [0.25, 0.3) is 0 Å². The first kappa shape index (κ1) is 13.3. The number of carbonyl (C=O) groups is 1. The molecule has 0 heterocycles. The fraction of sp³-hybridized carbons (Fsp3) is 0.588. The summed E-state index contributed by atoms with van der Waals surface area (Å²) in [6.45, 7) is 0. The highest BCUT2D eigenvalue weighted by Crippen LogP contribution is 2.28. The number of Topliss-reactive ketones (excluding diaryl/α,β-unsaturated/α-hetero) is 1. The number of hydrogen-bond acceptors (Lipinski definition) is 1. The number of ketones is 1. The van der Waals surface area contributed by atoms with E-state index in [1.807, 2.05) is 6.07 Å². The minimum absolute atomic E-state index is 0.470. The van der Waals surface area contributed by atoms with Crippen molar-refractivity contribution >= 4 is 5.78 Å². The molecule has 1 aromatic rings. The van der Waals surface area contributed by atoms with Gasteiger partial charge in [0.25, 0.3) is 0 Å². The summed E-state index contributed by atoms with van der Waals surface area (Å²) in [4.78, 5) is 11.8. The van der Waals surface area contributed by atoms with Crippen LogP contribution in [0.2, 0.25) is 0 Å². The number of rotatable bonds is 7. The van der Waals surface area contributed by atoms with Gasteiger partial charge in [0.05, 0.1) is 0 Å². The minimum Gasteiger partial charge on any atom is -0.300 e. The molecule has 0 unspecified atom stereocenters. The van der Waals surface area contributed by atoms with Gasteiger partial charge in [0.15, 0.2) is 0 Å². The second-order valence-corrected chi connectivity index (χ2v) is 5.57. The SMILES string of the molecule is O=C(CCCc1ccccc1)CCC1CCCC1. The lowest BCUT2D eigenvalue weighted by atomic mass is 9.98. The number of carbonyl (C=O) groups excluding carboxylic acids is 1. The molecule has 1 saturated carbocycles. The van der Waals surface area contributed by atoms with Crippen LogP contribution in [-0.2, 0) is 11.2 Å². The number of benzene rings is 1. The summed E-state index contributed by atoms with van der Waals surface area (Å²) in [6.07, 6.45) is 10.3. The van der Waals surface area contributed by atoms with Crippen molar-refractivity contribution in [2.45, 2.75) is 57.8 Å². The molecule has 1 nitrogen and oxygen atoms in total. The van der Waals surface area contributed by atoms with Crippen molar-refractivity contribution in [3.05, 3.63) is 35.9 Å². The van der Waals surface area contributed by atoms with E-state index in [1.165, 1.54) is 31.2 Å². The van der Waals surface area contributed by atoms with Crippen LogP contribution in [0.1, 0.15) is 56.9 Å². The zero-order valence-electron chi connectivity index (χ0n) is 11.2. The summed E-state index contributed by atoms with van der Waals surface area (Å²) < 4.78 is 0. The maximum absolute atomic E-state index is 11.8. The molecule has 18 heavy (non-hydrogen) atoms. The van der Waals surface area contributed by atoms with Crippen molar-refractivity contribution in [2.24, 2.45) is 5.92 Å². The maximum atomic E-state index is 11.8. The van der Waals surface area contributed by atoms with Gasteiger partial charge < -0.3 is 0 Å². The van der Waals surface area contributed by atoms with E-state index in [0.29, 0.717) is 5.78 Å². The molecule has 0 aromatic heterocycles. The standard InChI is InChI=1S/C17H24O/c18-17(14-13-16-9-4-5-10-16)12-6-11-15-7-2-1-3-8-15/h1-3,7-8,16H,4-6,9-14H2. The molecule has 1 fully saturated rings. The highest BCUT2D eigenvalue weighted by Gasteiger charge is 2.15. The quantitative estimate of drug-likeness (QED) is 0.687. The van der Waals surface area contributed by atoms with Crippen LogP contribution in [0.15, 0.2) is 30.3 Å². The van der Waals surface area contributed by atoms with Gasteiger partial charge in [-0.15, -0.1) is 0 Å². The zero-order chi connectivity index (χ0) is 12.6. The predicted octanol–water partition coefficient (Wildman–Crippen LogP) is 4.55. The van der Waals surface area contributed by atoms with Crippen LogP contribution in [0, 0.1) is 5.92 Å². The summed E-state index contributed by atoms with van der Waals surface area (Å²) in [6, 6.07) is 10.5. The molecule has 1 heteroatoms. The largest absolute Gasteiger partial charge is 0.300 e. The van der Waals surface area contributed by atoms with Crippen LogP contribution in [0.4, 0.5) is 0 Å². The Morgan fingerprint density at radius 2 is 1.78 bits per heavy atom. The Morgan fingerprint density at radius 1 is 1.06 bits per heavy atom. The van der Waals surface area contributed by atoms with Crippen molar-refractivity contribution < 1.29 is 4.79 Å². The van der Waals surface area contributed by atoms with Crippen LogP contribution < -0.4 is 0 Å². The molecule has 2 rings (SSSR count). The molecule has 0 bridgehead atoms. The minimum atomic E-state index is 0.470. The smallest absolute Gasteiger partial charge is 0.132 e. The molecule has 1 aromatic carbocycles. The van der Waals surface area contributed by atoms with Gasteiger partial charge in [-0.05, 0) is 30.7 Å². The van der Waals surface area contributed by atoms with E-state index in [-0.39, 0.29) is 0 Å². The Hall–Kier alpha value is -1.11. The molecule has 1 aliphatic carbocycles. The first-order valence-electron chi connectivity index (χ1n) is 7.40. The van der Waals surface area contributed by atoms with E-state index in [9.17, 15) is 4.79 Å². The lowest BCUT2D eigenvalue weighted by Crippen LogP contribution is -2.02. The summed E-state index contributed by atoms with van der Waals surface area (Å²) in [5.41, 5.74) is 1.35. The molecule has 98 valence electrons. The predicted molar refractivity (Wildman–Crippen MR) is 75.6 cm³/mol. The molecule has 1 aliphatic rings. The molecule has 0 N–H and O–H groups in total. The molecule has 0 spiro atoms. The maximum Gasteiger partial charge on any atom is 0.132 e. The van der Waals surface area contributed by atoms with E-state index < -0.39 is 0 Å². The van der Waals surface area contributed by atoms with Crippen LogP contribution in [0.3, 0.4) is 0 Å². The van der Waals surface area contributed by atoms with E-state index in [1.54, 1.807) is 0 Å². The average molecular weight is 244 g/mol. The highest BCUT2D eigenvalue weighted by molar-refractivity contribution is 5.78. The van der Waals surface area contributed by atoms with Crippen LogP contribution in [0.5, 0.6) is 0 Å². The molecule has 0 radical (unpaired) electrons. The molecule has 0 aliphatic heterocycles. The van der Waals surface area contributed by atoms with Crippen molar-refractivity contribution in [3.8, 4) is 0 Å². The van der Waals surface area contributed by atoms with Crippen LogP contribution in [-0.4, -0.2) is 5.78 Å². The summed E-state index contributed by atoms with van der Waals surface area (Å²) in [7, 11) is 0. The molecule has 0 saturated heterocycles. The van der Waals surface area contributed by atoms with Gasteiger partial charge in [-0.2, -0.15) is 0 Å². The molecular formula is C17H24O. The third-order valence-corrected chi connectivity index (χ3v) is 4.07. The highest BCUT2D eigenvalue weighted by atomic mass is 16.1. The number of hydrogen-bond donors (Lipinski definition) is 0. The Bertz CT molecular complexity index is 349. The van der Waals surface area contributed by atoms with E-state index in [0.717, 1.165) is 38.0 Å². The zero-order valence-corrected chi connectivity index (χ0v) is 11.2.